The van der Waals surface area contributed by atoms with Gasteiger partial charge in [0.05, 0.1) is 12.2 Å². The number of rotatable bonds is 6. The van der Waals surface area contributed by atoms with Crippen LogP contribution < -0.4 is 0 Å². The summed E-state index contributed by atoms with van der Waals surface area (Å²) in [5, 5.41) is 0. The minimum Gasteiger partial charge on any atom is -0.466 e. The van der Waals surface area contributed by atoms with Crippen LogP contribution in [-0.4, -0.2) is 18.4 Å². The highest BCUT2D eigenvalue weighted by Crippen LogP contribution is 2.30. The van der Waals surface area contributed by atoms with Crippen molar-refractivity contribution in [2.45, 2.75) is 32.4 Å². The van der Waals surface area contributed by atoms with Crippen molar-refractivity contribution in [3.05, 3.63) is 35.1 Å². The van der Waals surface area contributed by atoms with E-state index in [4.69, 9.17) is 0 Å². The van der Waals surface area contributed by atoms with Crippen molar-refractivity contribution in [3.8, 4) is 0 Å². The topological polar surface area (TPSA) is 43.4 Å². The standard InChI is InChI=1S/C14H14F4O3/c1-2-21-13(20)5-3-4-12(19)9-6-10(14(16,17)18)8-11(15)7-9/h6-8H,2-5H2,1H3. The maximum atomic E-state index is 13.1. The predicted octanol–water partition coefficient (Wildman–Crippen LogP) is 3.76. The van der Waals surface area contributed by atoms with Gasteiger partial charge in [-0.1, -0.05) is 0 Å². The van der Waals surface area contributed by atoms with E-state index in [9.17, 15) is 27.2 Å². The molecule has 3 nitrogen and oxygen atoms in total. The Labute approximate surface area is 118 Å². The first-order valence-electron chi connectivity index (χ1n) is 6.30. The van der Waals surface area contributed by atoms with Crippen LogP contribution in [0.1, 0.15) is 42.1 Å². The van der Waals surface area contributed by atoms with E-state index >= 15 is 0 Å². The summed E-state index contributed by atoms with van der Waals surface area (Å²) >= 11 is 0. The van der Waals surface area contributed by atoms with Crippen LogP contribution in [0.2, 0.25) is 0 Å². The summed E-state index contributed by atoms with van der Waals surface area (Å²) in [5.74, 6) is -2.26. The Balaban J connectivity index is 2.70. The van der Waals surface area contributed by atoms with Gasteiger partial charge in [0, 0.05) is 18.4 Å². The number of hydrogen-bond donors (Lipinski definition) is 0. The van der Waals surface area contributed by atoms with Gasteiger partial charge in [-0.25, -0.2) is 4.39 Å². The van der Waals surface area contributed by atoms with Crippen LogP contribution in [-0.2, 0) is 15.7 Å². The minimum absolute atomic E-state index is 0.0129. The SMILES string of the molecule is CCOC(=O)CCCC(=O)c1cc(F)cc(C(F)(F)F)c1. The molecule has 1 aromatic rings. The molecule has 0 N–H and O–H groups in total. The molecule has 21 heavy (non-hydrogen) atoms. The van der Waals surface area contributed by atoms with Gasteiger partial charge in [0.15, 0.2) is 5.78 Å². The molecule has 1 rings (SSSR count). The molecule has 0 bridgehead atoms. The van der Waals surface area contributed by atoms with E-state index in [1.54, 1.807) is 6.92 Å². The van der Waals surface area contributed by atoms with Crippen molar-refractivity contribution in [3.63, 3.8) is 0 Å². The Morgan fingerprint density at radius 1 is 1.14 bits per heavy atom. The molecular weight excluding hydrogens is 292 g/mol. The van der Waals surface area contributed by atoms with Gasteiger partial charge in [-0.05, 0) is 31.5 Å². The Morgan fingerprint density at radius 3 is 2.38 bits per heavy atom. The lowest BCUT2D eigenvalue weighted by molar-refractivity contribution is -0.143. The third-order valence-corrected chi connectivity index (χ3v) is 2.64. The van der Waals surface area contributed by atoms with E-state index in [0.717, 1.165) is 6.07 Å². The second-order valence-electron chi connectivity index (χ2n) is 4.31. The summed E-state index contributed by atoms with van der Waals surface area (Å²) in [5.41, 5.74) is -1.57. The van der Waals surface area contributed by atoms with Gasteiger partial charge in [-0.15, -0.1) is 0 Å². The third-order valence-electron chi connectivity index (χ3n) is 2.64. The highest BCUT2D eigenvalue weighted by atomic mass is 19.4. The molecule has 0 atom stereocenters. The van der Waals surface area contributed by atoms with E-state index in [-0.39, 0.29) is 31.4 Å². The predicted molar refractivity (Wildman–Crippen MR) is 66.2 cm³/mol. The number of alkyl halides is 3. The van der Waals surface area contributed by atoms with Crippen molar-refractivity contribution in [1.82, 2.24) is 0 Å². The molecule has 116 valence electrons. The molecule has 0 amide bonds. The average molecular weight is 306 g/mol. The average Bonchev–Trinajstić information content (AvgIpc) is 2.37. The van der Waals surface area contributed by atoms with Gasteiger partial charge in [-0.2, -0.15) is 13.2 Å². The van der Waals surface area contributed by atoms with Crippen LogP contribution in [0.15, 0.2) is 18.2 Å². The fraction of sp³-hybridized carbons (Fsp3) is 0.429. The molecule has 0 aliphatic carbocycles. The van der Waals surface area contributed by atoms with E-state index in [2.05, 4.69) is 4.74 Å². The lowest BCUT2D eigenvalue weighted by Gasteiger charge is -2.09. The van der Waals surface area contributed by atoms with Crippen molar-refractivity contribution < 1.29 is 31.9 Å². The molecule has 0 radical (unpaired) electrons. The van der Waals surface area contributed by atoms with E-state index in [0.29, 0.717) is 12.1 Å². The van der Waals surface area contributed by atoms with Gasteiger partial charge in [-0.3, -0.25) is 9.59 Å². The fourth-order valence-corrected chi connectivity index (χ4v) is 1.69. The number of ether oxygens (including phenoxy) is 1. The summed E-state index contributed by atoms with van der Waals surface area (Å²) in [6.45, 7) is 1.85. The third kappa shape index (κ3) is 5.53. The van der Waals surface area contributed by atoms with Gasteiger partial charge in [0.1, 0.15) is 5.82 Å². The number of carbonyl (C=O) groups excluding carboxylic acids is 2. The number of ketones is 1. The first-order valence-corrected chi connectivity index (χ1v) is 6.30. The molecule has 0 heterocycles. The van der Waals surface area contributed by atoms with Crippen LogP contribution >= 0.6 is 0 Å². The molecular formula is C14H14F4O3. The Morgan fingerprint density at radius 2 is 1.81 bits per heavy atom. The summed E-state index contributed by atoms with van der Waals surface area (Å²) in [4.78, 5) is 22.8. The fourth-order valence-electron chi connectivity index (χ4n) is 1.69. The van der Waals surface area contributed by atoms with Crippen LogP contribution in [0.25, 0.3) is 0 Å². The van der Waals surface area contributed by atoms with Crippen molar-refractivity contribution >= 4 is 11.8 Å². The summed E-state index contributed by atoms with van der Waals surface area (Å²) in [7, 11) is 0. The van der Waals surface area contributed by atoms with E-state index < -0.39 is 29.3 Å². The monoisotopic (exact) mass is 306 g/mol. The van der Waals surface area contributed by atoms with Gasteiger partial charge in [0.2, 0.25) is 0 Å². The molecule has 0 aromatic heterocycles. The van der Waals surface area contributed by atoms with Crippen LogP contribution in [0.3, 0.4) is 0 Å². The molecule has 1 aromatic carbocycles. The van der Waals surface area contributed by atoms with Crippen molar-refractivity contribution in [2.75, 3.05) is 6.61 Å². The van der Waals surface area contributed by atoms with Gasteiger partial charge < -0.3 is 4.74 Å². The zero-order chi connectivity index (χ0) is 16.0. The minimum atomic E-state index is -4.72. The summed E-state index contributed by atoms with van der Waals surface area (Å²) in [6.07, 6.45) is -4.75. The lowest BCUT2D eigenvalue weighted by Crippen LogP contribution is -2.09. The molecule has 0 spiro atoms. The summed E-state index contributed by atoms with van der Waals surface area (Å²) < 4.78 is 55.3. The molecule has 7 heteroatoms. The number of Topliss-reactive ketones (excluding diaryl/α,β-unsaturated/α-hetero) is 1. The highest BCUT2D eigenvalue weighted by molar-refractivity contribution is 5.96. The quantitative estimate of drug-likeness (QED) is 0.456. The second-order valence-corrected chi connectivity index (χ2v) is 4.31. The number of esters is 1. The van der Waals surface area contributed by atoms with Crippen molar-refractivity contribution in [1.29, 1.82) is 0 Å². The lowest BCUT2D eigenvalue weighted by atomic mass is 10.0. The zero-order valence-corrected chi connectivity index (χ0v) is 11.3. The van der Waals surface area contributed by atoms with Gasteiger partial charge in [0.25, 0.3) is 0 Å². The van der Waals surface area contributed by atoms with E-state index in [1.807, 2.05) is 0 Å². The van der Waals surface area contributed by atoms with Crippen LogP contribution in [0.5, 0.6) is 0 Å². The maximum absolute atomic E-state index is 13.1. The normalized spacial score (nSPS) is 11.3. The molecule has 0 fully saturated rings. The molecule has 0 saturated heterocycles. The van der Waals surface area contributed by atoms with Gasteiger partial charge >= 0.3 is 12.1 Å². The number of halogens is 4. The molecule has 0 aliphatic rings. The van der Waals surface area contributed by atoms with Crippen molar-refractivity contribution in [2.24, 2.45) is 0 Å². The van der Waals surface area contributed by atoms with E-state index in [1.165, 1.54) is 0 Å². The smallest absolute Gasteiger partial charge is 0.416 e. The maximum Gasteiger partial charge on any atom is 0.416 e. The Kier molecular flexibility index (Phi) is 5.87. The Bertz CT molecular complexity index is 523. The molecule has 0 aliphatic heterocycles. The summed E-state index contributed by atoms with van der Waals surface area (Å²) in [6, 6.07) is 1.69. The highest BCUT2D eigenvalue weighted by Gasteiger charge is 2.31. The first kappa shape index (κ1) is 17.1. The Hall–Kier alpha value is -1.92. The number of hydrogen-bond acceptors (Lipinski definition) is 3. The first-order chi connectivity index (χ1) is 9.74. The number of benzene rings is 1. The molecule has 0 unspecified atom stereocenters. The second kappa shape index (κ2) is 7.19. The zero-order valence-electron chi connectivity index (χ0n) is 11.3. The largest absolute Gasteiger partial charge is 0.466 e. The van der Waals surface area contributed by atoms with Crippen LogP contribution in [0, 0.1) is 5.82 Å². The molecule has 0 saturated carbocycles. The number of carbonyl (C=O) groups is 2. The van der Waals surface area contributed by atoms with Crippen LogP contribution in [0.4, 0.5) is 17.6 Å².